The Kier molecular flexibility index (Phi) is 5.34. The first-order valence-electron chi connectivity index (χ1n) is 9.42. The van der Waals surface area contributed by atoms with Crippen molar-refractivity contribution < 1.29 is 4.79 Å². The molecule has 0 spiro atoms. The number of nitriles is 1. The standard InChI is InChI=1S/C22H20N6O/c23-14-18-8-4-5-9-20(18)27-10-12-28(13-11-27)22(29)26-21-16-24-19(15-25-21)17-6-2-1-3-7-17/h1-9,15-16H,10-13H2,(H,25,26,29). The summed E-state index contributed by atoms with van der Waals surface area (Å²) < 4.78 is 0. The highest BCUT2D eigenvalue weighted by Gasteiger charge is 2.22. The summed E-state index contributed by atoms with van der Waals surface area (Å²) in [6.45, 7) is 2.48. The number of piperazine rings is 1. The Balaban J connectivity index is 1.35. The summed E-state index contributed by atoms with van der Waals surface area (Å²) in [7, 11) is 0. The van der Waals surface area contributed by atoms with Gasteiger partial charge in [0.25, 0.3) is 0 Å². The second kappa shape index (κ2) is 8.40. The predicted molar refractivity (Wildman–Crippen MR) is 111 cm³/mol. The Morgan fingerprint density at radius 1 is 0.931 bits per heavy atom. The molecule has 1 aliphatic heterocycles. The molecule has 0 radical (unpaired) electrons. The minimum atomic E-state index is -0.194. The van der Waals surface area contributed by atoms with Crippen molar-refractivity contribution in [3.05, 3.63) is 72.6 Å². The van der Waals surface area contributed by atoms with Crippen LogP contribution >= 0.6 is 0 Å². The van der Waals surface area contributed by atoms with E-state index in [0.29, 0.717) is 37.6 Å². The maximum Gasteiger partial charge on any atom is 0.323 e. The van der Waals surface area contributed by atoms with Crippen LogP contribution in [0.15, 0.2) is 67.0 Å². The summed E-state index contributed by atoms with van der Waals surface area (Å²) in [6, 6.07) is 19.3. The number of anilines is 2. The lowest BCUT2D eigenvalue weighted by molar-refractivity contribution is 0.208. The molecule has 0 atom stereocenters. The van der Waals surface area contributed by atoms with Gasteiger partial charge >= 0.3 is 6.03 Å². The molecule has 2 amide bonds. The first kappa shape index (κ1) is 18.4. The van der Waals surface area contributed by atoms with Crippen LogP contribution in [0.25, 0.3) is 11.3 Å². The van der Waals surface area contributed by atoms with Crippen LogP contribution in [0.1, 0.15) is 5.56 Å². The summed E-state index contributed by atoms with van der Waals surface area (Å²) in [5.41, 5.74) is 3.30. The molecule has 2 aromatic carbocycles. The molecule has 3 aromatic rings. The Labute approximate surface area is 169 Å². The van der Waals surface area contributed by atoms with Crippen LogP contribution in [0, 0.1) is 11.3 Å². The van der Waals surface area contributed by atoms with Gasteiger partial charge in [-0.1, -0.05) is 42.5 Å². The van der Waals surface area contributed by atoms with E-state index in [1.54, 1.807) is 17.3 Å². The van der Waals surface area contributed by atoms with Gasteiger partial charge in [-0.05, 0) is 12.1 Å². The third-order valence-electron chi connectivity index (χ3n) is 4.89. The Morgan fingerprint density at radius 3 is 2.34 bits per heavy atom. The van der Waals surface area contributed by atoms with E-state index in [1.807, 2.05) is 54.6 Å². The molecule has 0 aliphatic carbocycles. The van der Waals surface area contributed by atoms with E-state index in [4.69, 9.17) is 0 Å². The fraction of sp³-hybridized carbons (Fsp3) is 0.182. The lowest BCUT2D eigenvalue weighted by atomic mass is 10.1. The molecule has 0 saturated carbocycles. The van der Waals surface area contributed by atoms with Crippen molar-refractivity contribution in [3.8, 4) is 17.3 Å². The highest BCUT2D eigenvalue weighted by atomic mass is 16.2. The lowest BCUT2D eigenvalue weighted by Crippen LogP contribution is -2.50. The number of benzene rings is 2. The predicted octanol–water partition coefficient (Wildman–Crippen LogP) is 3.37. The number of para-hydroxylation sites is 1. The first-order chi connectivity index (χ1) is 14.2. The van der Waals surface area contributed by atoms with Crippen LogP contribution in [-0.2, 0) is 0 Å². The molecule has 2 heterocycles. The molecule has 7 nitrogen and oxygen atoms in total. The second-order valence-corrected chi connectivity index (χ2v) is 6.69. The highest BCUT2D eigenvalue weighted by molar-refractivity contribution is 5.88. The number of hydrogen-bond donors (Lipinski definition) is 1. The quantitative estimate of drug-likeness (QED) is 0.748. The number of rotatable bonds is 3. The highest BCUT2D eigenvalue weighted by Crippen LogP contribution is 2.21. The van der Waals surface area contributed by atoms with Gasteiger partial charge in [-0.2, -0.15) is 5.26 Å². The van der Waals surface area contributed by atoms with E-state index in [0.717, 1.165) is 16.9 Å². The van der Waals surface area contributed by atoms with Crippen molar-refractivity contribution in [2.45, 2.75) is 0 Å². The largest absolute Gasteiger partial charge is 0.367 e. The average Bonchev–Trinajstić information content (AvgIpc) is 2.80. The number of nitrogens with zero attached hydrogens (tertiary/aromatic N) is 5. The van der Waals surface area contributed by atoms with Gasteiger partial charge in [0, 0.05) is 31.7 Å². The molecule has 29 heavy (non-hydrogen) atoms. The summed E-state index contributed by atoms with van der Waals surface area (Å²) in [5.74, 6) is 0.423. The lowest BCUT2D eigenvalue weighted by Gasteiger charge is -2.36. The fourth-order valence-electron chi connectivity index (χ4n) is 3.33. The molecule has 1 saturated heterocycles. The SMILES string of the molecule is N#Cc1ccccc1N1CCN(C(=O)Nc2cnc(-c3ccccc3)cn2)CC1. The van der Waals surface area contributed by atoms with Gasteiger partial charge in [0.2, 0.25) is 0 Å². The minimum Gasteiger partial charge on any atom is -0.367 e. The van der Waals surface area contributed by atoms with Crippen molar-refractivity contribution in [3.63, 3.8) is 0 Å². The Morgan fingerprint density at radius 2 is 1.66 bits per heavy atom. The molecular formula is C22H20N6O. The normalized spacial score (nSPS) is 13.6. The van der Waals surface area contributed by atoms with Crippen LogP contribution in [0.4, 0.5) is 16.3 Å². The number of carbonyl (C=O) groups excluding carboxylic acids is 1. The zero-order valence-electron chi connectivity index (χ0n) is 15.8. The van der Waals surface area contributed by atoms with Crippen LogP contribution in [0.5, 0.6) is 0 Å². The topological polar surface area (TPSA) is 85.2 Å². The number of urea groups is 1. The van der Waals surface area contributed by atoms with Gasteiger partial charge in [0.05, 0.1) is 29.3 Å². The van der Waals surface area contributed by atoms with E-state index in [9.17, 15) is 10.1 Å². The van der Waals surface area contributed by atoms with Gasteiger partial charge in [-0.25, -0.2) is 9.78 Å². The number of hydrogen-bond acceptors (Lipinski definition) is 5. The molecular weight excluding hydrogens is 364 g/mol. The van der Waals surface area contributed by atoms with E-state index < -0.39 is 0 Å². The molecule has 1 aliphatic rings. The molecule has 1 N–H and O–H groups in total. The summed E-state index contributed by atoms with van der Waals surface area (Å²) in [5, 5.41) is 12.1. The number of carbonyl (C=O) groups is 1. The molecule has 0 unspecified atom stereocenters. The zero-order valence-corrected chi connectivity index (χ0v) is 15.8. The second-order valence-electron chi connectivity index (χ2n) is 6.69. The molecule has 4 rings (SSSR count). The number of nitrogens with one attached hydrogen (secondary N) is 1. The molecule has 1 aromatic heterocycles. The van der Waals surface area contributed by atoms with Crippen molar-refractivity contribution >= 4 is 17.5 Å². The Hall–Kier alpha value is -3.92. The summed E-state index contributed by atoms with van der Waals surface area (Å²) in [4.78, 5) is 25.1. The van der Waals surface area contributed by atoms with Gasteiger partial charge in [-0.3, -0.25) is 10.3 Å². The van der Waals surface area contributed by atoms with Crippen LogP contribution < -0.4 is 10.2 Å². The van der Waals surface area contributed by atoms with Crippen molar-refractivity contribution in [2.75, 3.05) is 36.4 Å². The molecule has 0 bridgehead atoms. The fourth-order valence-corrected chi connectivity index (χ4v) is 3.33. The molecule has 1 fully saturated rings. The first-order valence-corrected chi connectivity index (χ1v) is 9.42. The summed E-state index contributed by atoms with van der Waals surface area (Å²) in [6.07, 6.45) is 3.22. The van der Waals surface area contributed by atoms with Gasteiger partial charge in [-0.15, -0.1) is 0 Å². The van der Waals surface area contributed by atoms with Crippen molar-refractivity contribution in [1.29, 1.82) is 5.26 Å². The zero-order chi connectivity index (χ0) is 20.1. The van der Waals surface area contributed by atoms with Gasteiger partial charge in [0.1, 0.15) is 6.07 Å². The summed E-state index contributed by atoms with van der Waals surface area (Å²) >= 11 is 0. The smallest absolute Gasteiger partial charge is 0.323 e. The maximum atomic E-state index is 12.6. The maximum absolute atomic E-state index is 12.6. The van der Waals surface area contributed by atoms with E-state index in [1.165, 1.54) is 0 Å². The van der Waals surface area contributed by atoms with Crippen LogP contribution in [-0.4, -0.2) is 47.1 Å². The van der Waals surface area contributed by atoms with Crippen molar-refractivity contribution in [1.82, 2.24) is 14.9 Å². The van der Waals surface area contributed by atoms with E-state index in [2.05, 4.69) is 26.3 Å². The van der Waals surface area contributed by atoms with Crippen LogP contribution in [0.2, 0.25) is 0 Å². The van der Waals surface area contributed by atoms with E-state index >= 15 is 0 Å². The minimum absolute atomic E-state index is 0.194. The average molecular weight is 384 g/mol. The van der Waals surface area contributed by atoms with Crippen LogP contribution in [0.3, 0.4) is 0 Å². The third-order valence-corrected chi connectivity index (χ3v) is 4.89. The van der Waals surface area contributed by atoms with Crippen molar-refractivity contribution in [2.24, 2.45) is 0 Å². The molecule has 144 valence electrons. The van der Waals surface area contributed by atoms with Gasteiger partial charge < -0.3 is 9.80 Å². The third kappa shape index (κ3) is 4.17. The number of aromatic nitrogens is 2. The Bertz CT molecular complexity index is 1020. The number of amides is 2. The monoisotopic (exact) mass is 384 g/mol. The molecule has 7 heteroatoms. The van der Waals surface area contributed by atoms with E-state index in [-0.39, 0.29) is 6.03 Å². The van der Waals surface area contributed by atoms with Gasteiger partial charge in [0.15, 0.2) is 5.82 Å².